The summed E-state index contributed by atoms with van der Waals surface area (Å²) in [5.74, 6) is 0.209. The van der Waals surface area contributed by atoms with E-state index in [1.807, 2.05) is 4.90 Å². The van der Waals surface area contributed by atoms with Crippen LogP contribution in [0.4, 0.5) is 4.39 Å². The summed E-state index contributed by atoms with van der Waals surface area (Å²) < 4.78 is 14.2. The van der Waals surface area contributed by atoms with Crippen molar-refractivity contribution >= 4 is 23.4 Å². The van der Waals surface area contributed by atoms with Gasteiger partial charge in [0.05, 0.1) is 5.56 Å². The van der Waals surface area contributed by atoms with Crippen LogP contribution in [0.1, 0.15) is 48.9 Å². The second-order valence-corrected chi connectivity index (χ2v) is 9.13. The van der Waals surface area contributed by atoms with Crippen LogP contribution in [0.2, 0.25) is 5.02 Å². The van der Waals surface area contributed by atoms with Gasteiger partial charge in [0.1, 0.15) is 5.82 Å². The molecule has 4 rings (SSSR count). The van der Waals surface area contributed by atoms with Gasteiger partial charge in [0, 0.05) is 43.7 Å². The van der Waals surface area contributed by atoms with Gasteiger partial charge < -0.3 is 15.1 Å². The van der Waals surface area contributed by atoms with E-state index in [-0.39, 0.29) is 17.4 Å². The van der Waals surface area contributed by atoms with E-state index < -0.39 is 5.82 Å². The van der Waals surface area contributed by atoms with Gasteiger partial charge in [-0.05, 0) is 68.7 Å². The van der Waals surface area contributed by atoms with Crippen molar-refractivity contribution in [1.29, 1.82) is 0 Å². The van der Waals surface area contributed by atoms with Crippen molar-refractivity contribution in [2.24, 2.45) is 11.8 Å². The Labute approximate surface area is 176 Å². The predicted octanol–water partition coefficient (Wildman–Crippen LogP) is 3.32. The van der Waals surface area contributed by atoms with Crippen LogP contribution in [-0.4, -0.2) is 60.4 Å². The number of rotatable bonds is 5. The number of halogens is 2. The summed E-state index contributed by atoms with van der Waals surface area (Å²) in [5, 5.41) is 4.00. The van der Waals surface area contributed by atoms with Gasteiger partial charge in [-0.3, -0.25) is 9.59 Å². The Balaban J connectivity index is 1.33. The molecule has 0 saturated carbocycles. The van der Waals surface area contributed by atoms with E-state index in [2.05, 4.69) is 5.32 Å². The monoisotopic (exact) mass is 421 g/mol. The van der Waals surface area contributed by atoms with Crippen LogP contribution >= 0.6 is 11.6 Å². The van der Waals surface area contributed by atoms with E-state index in [0.717, 1.165) is 51.7 Å². The fourth-order valence-corrected chi connectivity index (χ4v) is 5.28. The van der Waals surface area contributed by atoms with Gasteiger partial charge in [-0.25, -0.2) is 4.39 Å². The average molecular weight is 422 g/mol. The molecule has 3 saturated heterocycles. The summed E-state index contributed by atoms with van der Waals surface area (Å²) in [4.78, 5) is 28.9. The molecule has 3 atom stereocenters. The van der Waals surface area contributed by atoms with E-state index in [1.165, 1.54) is 18.2 Å². The molecule has 2 amide bonds. The summed E-state index contributed by atoms with van der Waals surface area (Å²) in [6.07, 6.45) is 5.73. The largest absolute Gasteiger partial charge is 0.343 e. The molecule has 1 N–H and O–H groups in total. The quantitative estimate of drug-likeness (QED) is 0.793. The maximum Gasteiger partial charge on any atom is 0.256 e. The number of nitrogens with one attached hydrogen (secondary N) is 1. The van der Waals surface area contributed by atoms with Crippen LogP contribution in [0, 0.1) is 17.7 Å². The number of nitrogens with zero attached hydrogens (tertiary/aromatic N) is 2. The molecule has 3 aliphatic heterocycles. The molecule has 29 heavy (non-hydrogen) atoms. The lowest BCUT2D eigenvalue weighted by Crippen LogP contribution is -2.57. The Morgan fingerprint density at radius 1 is 1.17 bits per heavy atom. The Bertz CT molecular complexity index is 768. The van der Waals surface area contributed by atoms with Crippen molar-refractivity contribution < 1.29 is 14.0 Å². The normalized spacial score (nSPS) is 26.6. The van der Waals surface area contributed by atoms with Crippen molar-refractivity contribution in [2.45, 2.75) is 44.6 Å². The molecular formula is C22H29ClFN3O2. The number of benzene rings is 1. The number of hydrogen-bond donors (Lipinski definition) is 1. The van der Waals surface area contributed by atoms with Crippen molar-refractivity contribution in [2.75, 3.05) is 32.7 Å². The fraction of sp³-hybridized carbons (Fsp3) is 0.636. The molecule has 1 aromatic carbocycles. The maximum atomic E-state index is 14.2. The summed E-state index contributed by atoms with van der Waals surface area (Å²) in [5.41, 5.74) is 0.0539. The number of fused-ring (bicyclic) bond motifs is 2. The van der Waals surface area contributed by atoms with Gasteiger partial charge >= 0.3 is 0 Å². The fourth-order valence-electron chi connectivity index (χ4n) is 5.10. The zero-order valence-electron chi connectivity index (χ0n) is 16.7. The standard InChI is InChI=1S/C22H29ClFN3O2/c23-17-6-7-19(24)18(11-17)22(29)27-13-15-10-16(14-27)20(25-12-15)4-3-5-21(28)26-8-1-2-9-26/h6-7,11,15-16,20,25H,1-5,8-10,12-14H2/t15?,16?,20-/m1/s1. The second kappa shape index (κ2) is 9.00. The first-order valence-electron chi connectivity index (χ1n) is 10.8. The molecule has 0 aliphatic carbocycles. The molecule has 2 bridgehead atoms. The first kappa shape index (κ1) is 20.6. The molecule has 1 aromatic rings. The molecule has 5 nitrogen and oxygen atoms in total. The van der Waals surface area contributed by atoms with Crippen molar-refractivity contribution in [3.63, 3.8) is 0 Å². The third-order valence-corrected chi connectivity index (χ3v) is 6.85. The molecule has 158 valence electrons. The second-order valence-electron chi connectivity index (χ2n) is 8.69. The minimum atomic E-state index is -0.523. The summed E-state index contributed by atoms with van der Waals surface area (Å²) >= 11 is 5.97. The molecule has 3 fully saturated rings. The lowest BCUT2D eigenvalue weighted by Gasteiger charge is -2.46. The third kappa shape index (κ3) is 4.75. The molecule has 0 radical (unpaired) electrons. The number of carbonyl (C=O) groups is 2. The van der Waals surface area contributed by atoms with E-state index in [9.17, 15) is 14.0 Å². The zero-order chi connectivity index (χ0) is 20.4. The van der Waals surface area contributed by atoms with Crippen molar-refractivity contribution in [3.05, 3.63) is 34.6 Å². The number of amides is 2. The van der Waals surface area contributed by atoms with Crippen molar-refractivity contribution in [1.82, 2.24) is 15.1 Å². The summed E-state index contributed by atoms with van der Waals surface area (Å²) in [7, 11) is 0. The van der Waals surface area contributed by atoms with Gasteiger partial charge in [-0.2, -0.15) is 0 Å². The van der Waals surface area contributed by atoms with Crippen LogP contribution in [0.3, 0.4) is 0 Å². The SMILES string of the molecule is O=C(CCC[C@H]1NCC2CC1CN(C(=O)c1cc(Cl)ccc1F)C2)N1CCCC1. The lowest BCUT2D eigenvalue weighted by molar-refractivity contribution is -0.130. The minimum Gasteiger partial charge on any atom is -0.343 e. The van der Waals surface area contributed by atoms with Crippen LogP contribution < -0.4 is 5.32 Å². The topological polar surface area (TPSA) is 52.7 Å². The molecular weight excluding hydrogens is 393 g/mol. The van der Waals surface area contributed by atoms with E-state index in [1.54, 1.807) is 4.90 Å². The first-order chi connectivity index (χ1) is 14.0. The highest BCUT2D eigenvalue weighted by Crippen LogP contribution is 2.31. The van der Waals surface area contributed by atoms with Crippen molar-refractivity contribution in [3.8, 4) is 0 Å². The summed E-state index contributed by atoms with van der Waals surface area (Å²) in [6, 6.07) is 4.44. The highest BCUT2D eigenvalue weighted by Gasteiger charge is 2.38. The number of likely N-dealkylation sites (tertiary alicyclic amines) is 2. The Hall–Kier alpha value is -1.66. The Morgan fingerprint density at radius 2 is 1.97 bits per heavy atom. The van der Waals surface area contributed by atoms with Gasteiger partial charge in [-0.15, -0.1) is 0 Å². The van der Waals surface area contributed by atoms with E-state index >= 15 is 0 Å². The number of carbonyl (C=O) groups excluding carboxylic acids is 2. The van der Waals surface area contributed by atoms with Crippen LogP contribution in [0.25, 0.3) is 0 Å². The van der Waals surface area contributed by atoms with Crippen LogP contribution in [0.15, 0.2) is 18.2 Å². The summed E-state index contributed by atoms with van der Waals surface area (Å²) in [6.45, 7) is 3.94. The Morgan fingerprint density at radius 3 is 2.76 bits per heavy atom. The van der Waals surface area contributed by atoms with Gasteiger partial charge in [0.15, 0.2) is 0 Å². The molecule has 3 aliphatic rings. The highest BCUT2D eigenvalue weighted by atomic mass is 35.5. The molecule has 0 spiro atoms. The van der Waals surface area contributed by atoms with Gasteiger partial charge in [-0.1, -0.05) is 11.6 Å². The zero-order valence-corrected chi connectivity index (χ0v) is 17.5. The molecule has 3 heterocycles. The minimum absolute atomic E-state index is 0.0539. The third-order valence-electron chi connectivity index (χ3n) is 6.62. The smallest absolute Gasteiger partial charge is 0.256 e. The van der Waals surface area contributed by atoms with Crippen LogP contribution in [0.5, 0.6) is 0 Å². The highest BCUT2D eigenvalue weighted by molar-refractivity contribution is 6.31. The maximum absolute atomic E-state index is 14.2. The average Bonchev–Trinajstić information content (AvgIpc) is 3.26. The molecule has 2 unspecified atom stereocenters. The lowest BCUT2D eigenvalue weighted by atomic mass is 9.78. The number of hydrogen-bond acceptors (Lipinski definition) is 3. The van der Waals surface area contributed by atoms with Gasteiger partial charge in [0.25, 0.3) is 5.91 Å². The number of piperidine rings is 2. The van der Waals surface area contributed by atoms with E-state index in [4.69, 9.17) is 11.6 Å². The first-order valence-corrected chi connectivity index (χ1v) is 11.1. The Kier molecular flexibility index (Phi) is 6.40. The van der Waals surface area contributed by atoms with E-state index in [0.29, 0.717) is 42.4 Å². The predicted molar refractivity (Wildman–Crippen MR) is 110 cm³/mol. The molecule has 0 aromatic heterocycles. The van der Waals surface area contributed by atoms with Crippen LogP contribution in [-0.2, 0) is 4.79 Å². The van der Waals surface area contributed by atoms with Gasteiger partial charge in [0.2, 0.25) is 5.91 Å². The molecule has 7 heteroatoms.